The highest BCUT2D eigenvalue weighted by Crippen LogP contribution is 2.30. The summed E-state index contributed by atoms with van der Waals surface area (Å²) in [5.41, 5.74) is 3.25. The Hall–Kier alpha value is -2.14. The maximum absolute atomic E-state index is 5.60. The summed E-state index contributed by atoms with van der Waals surface area (Å²) in [5.74, 6) is 0.688. The lowest BCUT2D eigenvalue weighted by Gasteiger charge is -2.05. The molecule has 0 unspecified atom stereocenters. The van der Waals surface area contributed by atoms with Gasteiger partial charge in [0.05, 0.1) is 16.8 Å². The number of hydrogen-bond acceptors (Lipinski definition) is 5. The number of thiazole rings is 1. The molecule has 2 aromatic heterocycles. The number of anilines is 1. The van der Waals surface area contributed by atoms with Gasteiger partial charge in [0.1, 0.15) is 0 Å². The van der Waals surface area contributed by atoms with Crippen LogP contribution in [0.15, 0.2) is 36.5 Å². The Kier molecular flexibility index (Phi) is 4.53. The number of fused-ring (bicyclic) bond motifs is 1. The Labute approximate surface area is 134 Å². The predicted octanol–water partition coefficient (Wildman–Crippen LogP) is 4.58. The van der Waals surface area contributed by atoms with Crippen molar-refractivity contribution in [2.45, 2.75) is 19.8 Å². The van der Waals surface area contributed by atoms with Crippen molar-refractivity contribution in [3.05, 3.63) is 36.5 Å². The first-order chi connectivity index (χ1) is 10.8. The monoisotopic (exact) mass is 313 g/mol. The third-order valence-corrected chi connectivity index (χ3v) is 4.46. The van der Waals surface area contributed by atoms with E-state index in [1.54, 1.807) is 11.3 Å². The molecule has 0 amide bonds. The molecule has 3 rings (SSSR count). The summed E-state index contributed by atoms with van der Waals surface area (Å²) in [6.07, 6.45) is 4.04. The number of nitrogens with one attached hydrogen (secondary N) is 1. The van der Waals surface area contributed by atoms with Gasteiger partial charge < -0.3 is 10.1 Å². The average Bonchev–Trinajstić information content (AvgIpc) is 2.98. The summed E-state index contributed by atoms with van der Waals surface area (Å²) < 4.78 is 6.77. The zero-order valence-corrected chi connectivity index (χ0v) is 13.6. The molecule has 0 fully saturated rings. The smallest absolute Gasteiger partial charge is 0.213 e. The number of pyridine rings is 1. The van der Waals surface area contributed by atoms with Crippen LogP contribution in [0.5, 0.6) is 5.88 Å². The van der Waals surface area contributed by atoms with Gasteiger partial charge in [-0.05, 0) is 30.2 Å². The van der Waals surface area contributed by atoms with Crippen LogP contribution in [-0.2, 0) is 0 Å². The highest BCUT2D eigenvalue weighted by molar-refractivity contribution is 7.22. The molecule has 5 heteroatoms. The summed E-state index contributed by atoms with van der Waals surface area (Å²) in [5, 5.41) is 4.02. The van der Waals surface area contributed by atoms with Crippen LogP contribution in [0.4, 0.5) is 5.13 Å². The molecule has 0 radical (unpaired) electrons. The second kappa shape index (κ2) is 6.75. The van der Waals surface area contributed by atoms with E-state index in [-0.39, 0.29) is 0 Å². The summed E-state index contributed by atoms with van der Waals surface area (Å²) in [4.78, 5) is 8.88. The van der Waals surface area contributed by atoms with E-state index in [4.69, 9.17) is 4.74 Å². The molecule has 0 aliphatic rings. The van der Waals surface area contributed by atoms with Crippen LogP contribution in [0.3, 0.4) is 0 Å². The van der Waals surface area contributed by atoms with Crippen molar-refractivity contribution < 1.29 is 4.74 Å². The summed E-state index contributed by atoms with van der Waals surface area (Å²) >= 11 is 1.66. The molecular weight excluding hydrogens is 294 g/mol. The van der Waals surface area contributed by atoms with Crippen molar-refractivity contribution >= 4 is 26.7 Å². The quantitative estimate of drug-likeness (QED) is 0.677. The second-order valence-corrected chi connectivity index (χ2v) is 6.07. The van der Waals surface area contributed by atoms with Gasteiger partial charge in [-0.3, -0.25) is 0 Å². The third kappa shape index (κ3) is 3.20. The Balaban J connectivity index is 1.81. The number of ether oxygens (including phenoxy) is 1. The molecule has 1 N–H and O–H groups in total. The Morgan fingerprint density at radius 2 is 2.05 bits per heavy atom. The van der Waals surface area contributed by atoms with Crippen molar-refractivity contribution in [1.82, 2.24) is 9.97 Å². The van der Waals surface area contributed by atoms with Crippen molar-refractivity contribution in [3.8, 4) is 17.0 Å². The zero-order chi connectivity index (χ0) is 15.4. The van der Waals surface area contributed by atoms with E-state index < -0.39 is 0 Å². The Bertz CT molecular complexity index is 752. The molecule has 0 aliphatic carbocycles. The number of nitrogens with zero attached hydrogens (tertiary/aromatic N) is 2. The van der Waals surface area contributed by atoms with E-state index >= 15 is 0 Å². The molecular formula is C17H19N3OS. The first-order valence-electron chi connectivity index (χ1n) is 7.47. The molecule has 114 valence electrons. The highest BCUT2D eigenvalue weighted by Gasteiger charge is 2.05. The molecule has 2 heterocycles. The maximum atomic E-state index is 5.60. The van der Waals surface area contributed by atoms with Crippen molar-refractivity contribution in [2.75, 3.05) is 19.0 Å². The van der Waals surface area contributed by atoms with E-state index in [9.17, 15) is 0 Å². The normalized spacial score (nSPS) is 10.8. The molecule has 0 saturated heterocycles. The van der Waals surface area contributed by atoms with Crippen LogP contribution in [0.1, 0.15) is 19.8 Å². The SMILES string of the molecule is CCCCOc1ccc(-c2ccc3nc(NC)sc3c2)cn1. The first-order valence-corrected chi connectivity index (χ1v) is 8.29. The van der Waals surface area contributed by atoms with Crippen LogP contribution < -0.4 is 10.1 Å². The summed E-state index contributed by atoms with van der Waals surface area (Å²) in [6.45, 7) is 2.87. The van der Waals surface area contributed by atoms with Gasteiger partial charge in [0.25, 0.3) is 0 Å². The number of benzene rings is 1. The molecule has 0 atom stereocenters. The van der Waals surface area contributed by atoms with Gasteiger partial charge in [0.2, 0.25) is 5.88 Å². The first kappa shape index (κ1) is 14.8. The van der Waals surface area contributed by atoms with Crippen LogP contribution in [-0.4, -0.2) is 23.6 Å². The van der Waals surface area contributed by atoms with E-state index in [0.29, 0.717) is 5.88 Å². The molecule has 0 aliphatic heterocycles. The van der Waals surface area contributed by atoms with Gasteiger partial charge in [-0.2, -0.15) is 0 Å². The molecule has 4 nitrogen and oxygen atoms in total. The van der Waals surface area contributed by atoms with Crippen molar-refractivity contribution in [3.63, 3.8) is 0 Å². The Morgan fingerprint density at radius 1 is 1.18 bits per heavy atom. The average molecular weight is 313 g/mol. The van der Waals surface area contributed by atoms with Crippen molar-refractivity contribution in [1.29, 1.82) is 0 Å². The minimum atomic E-state index is 0.688. The van der Waals surface area contributed by atoms with Crippen molar-refractivity contribution in [2.24, 2.45) is 0 Å². The minimum Gasteiger partial charge on any atom is -0.478 e. The molecule has 3 aromatic rings. The number of unbranched alkanes of at least 4 members (excludes halogenated alkanes) is 1. The standard InChI is InChI=1S/C17H19N3OS/c1-3-4-9-21-16-8-6-13(11-19-16)12-5-7-14-15(10-12)22-17(18-2)20-14/h5-8,10-11H,3-4,9H2,1-2H3,(H,18,20). The van der Waals surface area contributed by atoms with E-state index in [2.05, 4.69) is 40.4 Å². The van der Waals surface area contributed by atoms with Crippen LogP contribution in [0, 0.1) is 0 Å². The van der Waals surface area contributed by atoms with Crippen LogP contribution >= 0.6 is 11.3 Å². The maximum Gasteiger partial charge on any atom is 0.213 e. The van der Waals surface area contributed by atoms with E-state index in [0.717, 1.165) is 41.2 Å². The summed E-state index contributed by atoms with van der Waals surface area (Å²) in [6, 6.07) is 10.3. The number of aromatic nitrogens is 2. The highest BCUT2D eigenvalue weighted by atomic mass is 32.1. The fraction of sp³-hybridized carbons (Fsp3) is 0.294. The predicted molar refractivity (Wildman–Crippen MR) is 92.8 cm³/mol. The second-order valence-electron chi connectivity index (χ2n) is 5.04. The lowest BCUT2D eigenvalue weighted by atomic mass is 10.1. The van der Waals surface area contributed by atoms with Crippen LogP contribution in [0.2, 0.25) is 0 Å². The minimum absolute atomic E-state index is 0.688. The Morgan fingerprint density at radius 3 is 2.77 bits per heavy atom. The molecule has 0 spiro atoms. The summed E-state index contributed by atoms with van der Waals surface area (Å²) in [7, 11) is 1.89. The van der Waals surface area contributed by atoms with E-state index in [1.807, 2.05) is 25.4 Å². The van der Waals surface area contributed by atoms with Gasteiger partial charge in [0, 0.05) is 24.9 Å². The fourth-order valence-electron chi connectivity index (χ4n) is 2.17. The molecule has 1 aromatic carbocycles. The lowest BCUT2D eigenvalue weighted by Crippen LogP contribution is -1.98. The number of rotatable bonds is 6. The van der Waals surface area contributed by atoms with Gasteiger partial charge in [-0.1, -0.05) is 30.7 Å². The molecule has 0 bridgehead atoms. The van der Waals surface area contributed by atoms with Gasteiger partial charge in [-0.25, -0.2) is 9.97 Å². The lowest BCUT2D eigenvalue weighted by molar-refractivity contribution is 0.298. The fourth-order valence-corrected chi connectivity index (χ4v) is 3.03. The van der Waals surface area contributed by atoms with Gasteiger partial charge >= 0.3 is 0 Å². The van der Waals surface area contributed by atoms with E-state index in [1.165, 1.54) is 4.70 Å². The zero-order valence-electron chi connectivity index (χ0n) is 12.8. The molecule has 0 saturated carbocycles. The largest absolute Gasteiger partial charge is 0.478 e. The molecule has 22 heavy (non-hydrogen) atoms. The topological polar surface area (TPSA) is 47.0 Å². The number of hydrogen-bond donors (Lipinski definition) is 1. The third-order valence-electron chi connectivity index (χ3n) is 3.42. The van der Waals surface area contributed by atoms with Crippen LogP contribution in [0.25, 0.3) is 21.3 Å². The van der Waals surface area contributed by atoms with Gasteiger partial charge in [-0.15, -0.1) is 0 Å². The van der Waals surface area contributed by atoms with Gasteiger partial charge in [0.15, 0.2) is 5.13 Å².